The molecule has 0 amide bonds. The maximum absolute atomic E-state index is 11.0. The fraction of sp³-hybridized carbons (Fsp3) is 0.375. The number of pyridine rings is 1. The summed E-state index contributed by atoms with van der Waals surface area (Å²) < 4.78 is 1.95. The third-order valence-corrected chi connectivity index (χ3v) is 5.75. The van der Waals surface area contributed by atoms with Crippen molar-refractivity contribution in [3.05, 3.63) is 60.7 Å². The molecule has 4 rings (SSSR count). The lowest BCUT2D eigenvalue weighted by Gasteiger charge is -2.19. The van der Waals surface area contributed by atoms with Gasteiger partial charge < -0.3 is 25.0 Å². The Morgan fingerprint density at radius 3 is 2.34 bits per heavy atom. The zero-order chi connectivity index (χ0) is 22.7. The van der Waals surface area contributed by atoms with Gasteiger partial charge in [-0.05, 0) is 37.8 Å². The third-order valence-electron chi connectivity index (χ3n) is 5.75. The number of hydrogen-bond acceptors (Lipinski definition) is 6. The number of aliphatic hydroxyl groups is 3. The molecule has 0 radical (unpaired) electrons. The summed E-state index contributed by atoms with van der Waals surface area (Å²) in [7, 11) is 0. The van der Waals surface area contributed by atoms with Gasteiger partial charge in [0, 0.05) is 30.1 Å². The van der Waals surface area contributed by atoms with E-state index < -0.39 is 30.2 Å². The highest BCUT2D eigenvalue weighted by Crippen LogP contribution is 2.47. The maximum atomic E-state index is 11.0. The topological polar surface area (TPSA) is 129 Å². The molecule has 1 saturated carbocycles. The van der Waals surface area contributed by atoms with Crippen molar-refractivity contribution >= 4 is 5.97 Å². The van der Waals surface area contributed by atoms with Gasteiger partial charge in [-0.1, -0.05) is 30.3 Å². The van der Waals surface area contributed by atoms with Crippen LogP contribution in [-0.2, 0) is 16.9 Å². The van der Waals surface area contributed by atoms with Crippen LogP contribution in [0.4, 0.5) is 0 Å². The first-order valence-electron chi connectivity index (χ1n) is 10.7. The van der Waals surface area contributed by atoms with Crippen molar-refractivity contribution in [2.24, 2.45) is 0 Å². The van der Waals surface area contributed by atoms with Gasteiger partial charge in [0.2, 0.25) is 0 Å². The Morgan fingerprint density at radius 1 is 1.03 bits per heavy atom. The van der Waals surface area contributed by atoms with Gasteiger partial charge in [-0.2, -0.15) is 0 Å². The molecular formula is C24H27N3O5. The number of rotatable bonds is 10. The first-order chi connectivity index (χ1) is 15.4. The summed E-state index contributed by atoms with van der Waals surface area (Å²) in [6.07, 6.45) is 2.48. The highest BCUT2D eigenvalue weighted by atomic mass is 16.4. The van der Waals surface area contributed by atoms with Crippen LogP contribution in [0.15, 0.2) is 54.9 Å². The smallest absolute Gasteiger partial charge is 0.305 e. The molecule has 1 aliphatic carbocycles. The summed E-state index contributed by atoms with van der Waals surface area (Å²) >= 11 is 0. The summed E-state index contributed by atoms with van der Waals surface area (Å²) in [6.45, 7) is 0.362. The summed E-state index contributed by atoms with van der Waals surface area (Å²) in [6, 6.07) is 13.5. The normalized spacial score (nSPS) is 16.5. The van der Waals surface area contributed by atoms with E-state index >= 15 is 0 Å². The van der Waals surface area contributed by atoms with E-state index in [4.69, 9.17) is 10.1 Å². The van der Waals surface area contributed by atoms with E-state index in [2.05, 4.69) is 4.98 Å². The van der Waals surface area contributed by atoms with Crippen molar-refractivity contribution in [3.8, 4) is 22.5 Å². The van der Waals surface area contributed by atoms with E-state index in [1.165, 1.54) is 0 Å². The van der Waals surface area contributed by atoms with Crippen LogP contribution in [0.25, 0.3) is 22.5 Å². The molecule has 168 valence electrons. The third kappa shape index (κ3) is 4.88. The Morgan fingerprint density at radius 2 is 1.72 bits per heavy atom. The fourth-order valence-corrected chi connectivity index (χ4v) is 3.96. The monoisotopic (exact) mass is 437 g/mol. The number of hydrogen-bond donors (Lipinski definition) is 4. The second-order valence-corrected chi connectivity index (χ2v) is 8.35. The summed E-state index contributed by atoms with van der Waals surface area (Å²) in [4.78, 5) is 19.7. The van der Waals surface area contributed by atoms with E-state index in [1.54, 1.807) is 12.4 Å². The molecule has 8 nitrogen and oxygen atoms in total. The molecule has 2 atom stereocenters. The van der Waals surface area contributed by atoms with Gasteiger partial charge in [0.1, 0.15) is 11.4 Å². The average Bonchev–Trinajstić information content (AvgIpc) is 3.39. The number of aliphatic carboxylic acids is 1. The SMILES string of the molecule is O=C(O)C[C@H](O)C[C@H](O)CCn1c(C2(O)CC2)nc(-c2ccncc2)c1-c1ccccc1. The number of carbonyl (C=O) groups is 1. The van der Waals surface area contributed by atoms with Gasteiger partial charge in [-0.15, -0.1) is 0 Å². The average molecular weight is 437 g/mol. The van der Waals surface area contributed by atoms with Crippen LogP contribution in [0, 0.1) is 0 Å². The zero-order valence-electron chi connectivity index (χ0n) is 17.6. The number of benzene rings is 1. The Kier molecular flexibility index (Phi) is 6.36. The molecule has 1 fully saturated rings. The molecule has 0 saturated heterocycles. The minimum Gasteiger partial charge on any atom is -0.481 e. The lowest BCUT2D eigenvalue weighted by atomic mass is 10.0. The number of aliphatic hydroxyl groups excluding tert-OH is 2. The number of aromatic nitrogens is 3. The highest BCUT2D eigenvalue weighted by molar-refractivity contribution is 5.79. The molecule has 0 aliphatic heterocycles. The zero-order valence-corrected chi connectivity index (χ0v) is 17.6. The molecule has 0 unspecified atom stereocenters. The molecule has 2 heterocycles. The molecule has 0 spiro atoms. The van der Waals surface area contributed by atoms with E-state index in [9.17, 15) is 20.1 Å². The predicted molar refractivity (Wildman–Crippen MR) is 118 cm³/mol. The lowest BCUT2D eigenvalue weighted by molar-refractivity contribution is -0.139. The Labute approximate surface area is 185 Å². The van der Waals surface area contributed by atoms with Gasteiger partial charge in [0.25, 0.3) is 0 Å². The molecule has 3 aromatic rings. The summed E-state index contributed by atoms with van der Waals surface area (Å²) in [5, 5.41) is 40.1. The second kappa shape index (κ2) is 9.20. The van der Waals surface area contributed by atoms with Crippen LogP contribution in [0.3, 0.4) is 0 Å². The molecule has 1 aliphatic rings. The molecule has 0 bridgehead atoms. The van der Waals surface area contributed by atoms with Gasteiger partial charge in [-0.25, -0.2) is 4.98 Å². The van der Waals surface area contributed by atoms with Crippen LogP contribution in [0.5, 0.6) is 0 Å². The quantitative estimate of drug-likeness (QED) is 0.384. The minimum absolute atomic E-state index is 0.0293. The number of carboxylic acids is 1. The minimum atomic E-state index is -1.11. The summed E-state index contributed by atoms with van der Waals surface area (Å²) in [5.74, 6) is -0.549. The largest absolute Gasteiger partial charge is 0.481 e. The Hall–Kier alpha value is -3.07. The molecule has 1 aromatic carbocycles. The van der Waals surface area contributed by atoms with E-state index in [0.717, 1.165) is 22.5 Å². The maximum Gasteiger partial charge on any atom is 0.305 e. The summed E-state index contributed by atoms with van der Waals surface area (Å²) in [5.41, 5.74) is 2.38. The van der Waals surface area contributed by atoms with Crippen LogP contribution in [0.2, 0.25) is 0 Å². The standard InChI is InChI=1S/C24H27N3O5/c28-18(14-19(29)15-20(30)31)8-13-27-22(17-4-2-1-3-5-17)21(16-6-11-25-12-7-16)26-23(27)24(32)9-10-24/h1-7,11-12,18-19,28-29,32H,8-10,13-15H2,(H,30,31)/t18-,19-/m1/s1. The van der Waals surface area contributed by atoms with Crippen molar-refractivity contribution < 1.29 is 25.2 Å². The van der Waals surface area contributed by atoms with E-state index in [-0.39, 0.29) is 12.8 Å². The molecule has 2 aromatic heterocycles. The number of carboxylic acid groups (broad SMARTS) is 1. The Balaban J connectivity index is 1.70. The second-order valence-electron chi connectivity index (χ2n) is 8.35. The van der Waals surface area contributed by atoms with Crippen LogP contribution < -0.4 is 0 Å². The van der Waals surface area contributed by atoms with E-state index in [0.29, 0.717) is 25.2 Å². The predicted octanol–water partition coefficient (Wildman–Crippen LogP) is 2.57. The Bertz CT molecular complexity index is 1060. The lowest BCUT2D eigenvalue weighted by Crippen LogP contribution is -2.23. The van der Waals surface area contributed by atoms with E-state index in [1.807, 2.05) is 47.0 Å². The number of imidazole rings is 1. The van der Waals surface area contributed by atoms with Crippen molar-refractivity contribution in [1.29, 1.82) is 0 Å². The van der Waals surface area contributed by atoms with Crippen molar-refractivity contribution in [2.75, 3.05) is 0 Å². The first-order valence-corrected chi connectivity index (χ1v) is 10.7. The van der Waals surface area contributed by atoms with Gasteiger partial charge in [-0.3, -0.25) is 9.78 Å². The van der Waals surface area contributed by atoms with Crippen molar-refractivity contribution in [3.63, 3.8) is 0 Å². The highest BCUT2D eigenvalue weighted by Gasteiger charge is 2.47. The molecule has 32 heavy (non-hydrogen) atoms. The van der Waals surface area contributed by atoms with Crippen molar-refractivity contribution in [1.82, 2.24) is 14.5 Å². The van der Waals surface area contributed by atoms with Gasteiger partial charge in [0.05, 0.1) is 30.0 Å². The number of nitrogens with zero attached hydrogens (tertiary/aromatic N) is 3. The first kappa shape index (κ1) is 22.1. The van der Waals surface area contributed by atoms with Crippen molar-refractivity contribution in [2.45, 2.75) is 56.5 Å². The molecule has 8 heteroatoms. The van der Waals surface area contributed by atoms with Gasteiger partial charge in [0.15, 0.2) is 0 Å². The van der Waals surface area contributed by atoms with Crippen LogP contribution in [0.1, 0.15) is 37.9 Å². The fourth-order valence-electron chi connectivity index (χ4n) is 3.96. The van der Waals surface area contributed by atoms with Crippen LogP contribution >= 0.6 is 0 Å². The van der Waals surface area contributed by atoms with Gasteiger partial charge >= 0.3 is 5.97 Å². The molecular weight excluding hydrogens is 410 g/mol. The van der Waals surface area contributed by atoms with Crippen LogP contribution in [-0.4, -0.2) is 53.1 Å². The molecule has 4 N–H and O–H groups in total.